The Bertz CT molecular complexity index is 389. The van der Waals surface area contributed by atoms with E-state index in [1.54, 1.807) is 11.1 Å². The topological polar surface area (TPSA) is 0 Å². The molecule has 1 heteroatoms. The third kappa shape index (κ3) is 2.27. The van der Waals surface area contributed by atoms with Gasteiger partial charge in [-0.2, -0.15) is 12.6 Å². The van der Waals surface area contributed by atoms with Crippen LogP contribution in [0.5, 0.6) is 0 Å². The molecule has 0 spiro atoms. The summed E-state index contributed by atoms with van der Waals surface area (Å²) in [7, 11) is 0. The van der Waals surface area contributed by atoms with Crippen molar-refractivity contribution in [1.82, 2.24) is 0 Å². The smallest absolute Gasteiger partial charge is 0.0144 e. The van der Waals surface area contributed by atoms with Gasteiger partial charge in [0, 0.05) is 10.7 Å². The molecule has 17 heavy (non-hydrogen) atoms. The Morgan fingerprint density at radius 2 is 1.76 bits per heavy atom. The molecule has 1 aromatic rings. The maximum atomic E-state index is 4.84. The predicted molar refractivity (Wildman–Crippen MR) is 79.1 cm³/mol. The van der Waals surface area contributed by atoms with Gasteiger partial charge in [-0.05, 0) is 29.4 Å². The van der Waals surface area contributed by atoms with Gasteiger partial charge in [0.05, 0.1) is 0 Å². The molecular weight excluding hydrogens is 224 g/mol. The van der Waals surface area contributed by atoms with Crippen LogP contribution in [0.1, 0.15) is 63.5 Å². The second kappa shape index (κ2) is 4.68. The standard InChI is InChI=1S/C16H24S/c1-5-8-12-11(2)15(16(3,4)17)14-10-7-6-9-13(12)14/h6-7,9-12,15,17H,5,8H2,1-4H3. The number of hydrogen-bond donors (Lipinski definition) is 1. The summed E-state index contributed by atoms with van der Waals surface area (Å²) in [5.74, 6) is 2.02. The highest BCUT2D eigenvalue weighted by molar-refractivity contribution is 7.81. The van der Waals surface area contributed by atoms with Crippen LogP contribution in [-0.2, 0) is 0 Å². The van der Waals surface area contributed by atoms with Crippen molar-refractivity contribution in [2.45, 2.75) is 57.1 Å². The van der Waals surface area contributed by atoms with E-state index in [0.29, 0.717) is 11.8 Å². The minimum atomic E-state index is 0.0675. The summed E-state index contributed by atoms with van der Waals surface area (Å²) in [5, 5.41) is 0. The molecule has 0 radical (unpaired) electrons. The summed E-state index contributed by atoms with van der Waals surface area (Å²) >= 11 is 4.84. The largest absolute Gasteiger partial charge is 0.172 e. The van der Waals surface area contributed by atoms with Crippen LogP contribution in [-0.4, -0.2) is 4.75 Å². The maximum Gasteiger partial charge on any atom is 0.0144 e. The maximum absolute atomic E-state index is 4.84. The fraction of sp³-hybridized carbons (Fsp3) is 0.625. The van der Waals surface area contributed by atoms with Crippen molar-refractivity contribution in [1.29, 1.82) is 0 Å². The van der Waals surface area contributed by atoms with Gasteiger partial charge in [-0.25, -0.2) is 0 Å². The molecule has 0 N–H and O–H groups in total. The van der Waals surface area contributed by atoms with Crippen molar-refractivity contribution in [3.05, 3.63) is 35.4 Å². The molecule has 0 nitrogen and oxygen atoms in total. The zero-order chi connectivity index (χ0) is 12.6. The third-order valence-electron chi connectivity index (χ3n) is 4.25. The van der Waals surface area contributed by atoms with Crippen molar-refractivity contribution >= 4 is 12.6 Å². The molecule has 0 aromatic heterocycles. The summed E-state index contributed by atoms with van der Waals surface area (Å²) in [6, 6.07) is 8.99. The van der Waals surface area contributed by atoms with E-state index in [9.17, 15) is 0 Å². The molecule has 0 aliphatic heterocycles. The van der Waals surface area contributed by atoms with E-state index in [-0.39, 0.29) is 4.75 Å². The summed E-state index contributed by atoms with van der Waals surface area (Å²) in [6.07, 6.45) is 2.57. The van der Waals surface area contributed by atoms with Crippen LogP contribution >= 0.6 is 12.6 Å². The van der Waals surface area contributed by atoms with Gasteiger partial charge < -0.3 is 0 Å². The molecule has 0 bridgehead atoms. The van der Waals surface area contributed by atoms with Crippen LogP contribution in [0.15, 0.2) is 24.3 Å². The Morgan fingerprint density at radius 3 is 2.29 bits per heavy atom. The van der Waals surface area contributed by atoms with E-state index in [1.165, 1.54) is 12.8 Å². The van der Waals surface area contributed by atoms with Crippen LogP contribution < -0.4 is 0 Å². The van der Waals surface area contributed by atoms with Gasteiger partial charge in [0.1, 0.15) is 0 Å². The molecule has 3 unspecified atom stereocenters. The lowest BCUT2D eigenvalue weighted by Crippen LogP contribution is -2.26. The van der Waals surface area contributed by atoms with Gasteiger partial charge in [-0.3, -0.25) is 0 Å². The lowest BCUT2D eigenvalue weighted by atomic mass is 9.80. The lowest BCUT2D eigenvalue weighted by Gasteiger charge is -2.32. The minimum absolute atomic E-state index is 0.0675. The van der Waals surface area contributed by atoms with Crippen molar-refractivity contribution in [3.8, 4) is 0 Å². The van der Waals surface area contributed by atoms with Crippen molar-refractivity contribution in [2.75, 3.05) is 0 Å². The summed E-state index contributed by atoms with van der Waals surface area (Å²) in [6.45, 7) is 9.20. The Labute approximate surface area is 111 Å². The van der Waals surface area contributed by atoms with Crippen LogP contribution in [0, 0.1) is 5.92 Å². The predicted octanol–water partition coefficient (Wildman–Crippen LogP) is 5.01. The molecule has 3 atom stereocenters. The van der Waals surface area contributed by atoms with Crippen LogP contribution in [0.3, 0.4) is 0 Å². The lowest BCUT2D eigenvalue weighted by molar-refractivity contribution is 0.360. The molecular formula is C16H24S. The Balaban J connectivity index is 2.45. The van der Waals surface area contributed by atoms with Gasteiger partial charge in [0.25, 0.3) is 0 Å². The first-order chi connectivity index (χ1) is 7.96. The zero-order valence-electron chi connectivity index (χ0n) is 11.4. The van der Waals surface area contributed by atoms with Crippen molar-refractivity contribution in [3.63, 3.8) is 0 Å². The van der Waals surface area contributed by atoms with Crippen LogP contribution in [0.2, 0.25) is 0 Å². The Morgan fingerprint density at radius 1 is 1.18 bits per heavy atom. The molecule has 1 aliphatic carbocycles. The fourth-order valence-corrected chi connectivity index (χ4v) is 4.06. The van der Waals surface area contributed by atoms with E-state index >= 15 is 0 Å². The number of fused-ring (bicyclic) bond motifs is 1. The van der Waals surface area contributed by atoms with E-state index in [4.69, 9.17) is 12.6 Å². The van der Waals surface area contributed by atoms with Crippen molar-refractivity contribution in [2.24, 2.45) is 5.92 Å². The summed E-state index contributed by atoms with van der Waals surface area (Å²) in [5.41, 5.74) is 3.12. The molecule has 1 aliphatic rings. The zero-order valence-corrected chi connectivity index (χ0v) is 12.3. The first-order valence-corrected chi connectivity index (χ1v) is 7.22. The van der Waals surface area contributed by atoms with E-state index < -0.39 is 0 Å². The Hall–Kier alpha value is -0.430. The molecule has 2 rings (SSSR count). The molecule has 0 saturated heterocycles. The third-order valence-corrected chi connectivity index (χ3v) is 4.53. The molecule has 1 aromatic carbocycles. The second-order valence-corrected chi connectivity index (χ2v) is 7.17. The quantitative estimate of drug-likeness (QED) is 0.714. The average molecular weight is 248 g/mol. The average Bonchev–Trinajstić information content (AvgIpc) is 2.52. The van der Waals surface area contributed by atoms with Crippen LogP contribution in [0.4, 0.5) is 0 Å². The number of rotatable bonds is 3. The van der Waals surface area contributed by atoms with Crippen LogP contribution in [0.25, 0.3) is 0 Å². The monoisotopic (exact) mass is 248 g/mol. The summed E-state index contributed by atoms with van der Waals surface area (Å²) < 4.78 is 0.0675. The number of benzene rings is 1. The first-order valence-electron chi connectivity index (χ1n) is 6.78. The number of thiol groups is 1. The Kier molecular flexibility index (Phi) is 3.58. The van der Waals surface area contributed by atoms with Gasteiger partial charge in [0.2, 0.25) is 0 Å². The normalized spacial score (nSPS) is 28.2. The molecule has 0 fully saturated rings. The first kappa shape index (κ1) is 13.0. The SMILES string of the molecule is CCCC1c2ccccc2C(C(C)(C)S)C1C. The number of hydrogen-bond acceptors (Lipinski definition) is 1. The van der Waals surface area contributed by atoms with Gasteiger partial charge >= 0.3 is 0 Å². The second-order valence-electron chi connectivity index (χ2n) is 6.01. The molecule has 0 heterocycles. The van der Waals surface area contributed by atoms with Gasteiger partial charge in [-0.15, -0.1) is 0 Å². The molecule has 0 amide bonds. The summed E-state index contributed by atoms with van der Waals surface area (Å²) in [4.78, 5) is 0. The molecule has 94 valence electrons. The van der Waals surface area contributed by atoms with E-state index in [0.717, 1.165) is 5.92 Å². The van der Waals surface area contributed by atoms with E-state index in [1.807, 2.05) is 0 Å². The highest BCUT2D eigenvalue weighted by atomic mass is 32.1. The molecule has 0 saturated carbocycles. The van der Waals surface area contributed by atoms with Gasteiger partial charge in [0.15, 0.2) is 0 Å². The van der Waals surface area contributed by atoms with Crippen molar-refractivity contribution < 1.29 is 0 Å². The highest BCUT2D eigenvalue weighted by Crippen LogP contribution is 2.53. The minimum Gasteiger partial charge on any atom is -0.172 e. The highest BCUT2D eigenvalue weighted by Gasteiger charge is 2.43. The fourth-order valence-electron chi connectivity index (χ4n) is 3.68. The van der Waals surface area contributed by atoms with E-state index in [2.05, 4.69) is 52.0 Å². The van der Waals surface area contributed by atoms with Gasteiger partial charge in [-0.1, -0.05) is 58.4 Å².